The lowest BCUT2D eigenvalue weighted by molar-refractivity contribution is 0.590. The van der Waals surface area contributed by atoms with Crippen LogP contribution in [-0.2, 0) is 0 Å². The molecule has 8 nitrogen and oxygen atoms in total. The van der Waals surface area contributed by atoms with Crippen LogP contribution in [-0.4, -0.2) is 0 Å². The Morgan fingerprint density at radius 1 is 0.543 bits per heavy atom. The van der Waals surface area contributed by atoms with Gasteiger partial charge in [0.1, 0.15) is 35.7 Å². The summed E-state index contributed by atoms with van der Waals surface area (Å²) in [5.74, 6) is -6.24. The summed E-state index contributed by atoms with van der Waals surface area (Å²) in [5, 5.41) is 48.7. The molecule has 0 spiro atoms. The second kappa shape index (κ2) is 11.2. The first-order valence-electron chi connectivity index (χ1n) is 12.4. The third-order valence-corrected chi connectivity index (χ3v) is 7.11. The Morgan fingerprint density at radius 2 is 1.02 bits per heavy atom. The topological polar surface area (TPSA) is 132 Å². The summed E-state index contributed by atoms with van der Waals surface area (Å²) >= 11 is 0. The maximum atomic E-state index is 16.6. The number of nitrogens with zero attached hydrogens (tertiary/aromatic N) is 8. The number of benzene rings is 3. The molecule has 0 atom stereocenters. The molecule has 0 heterocycles. The standard InChI is InChI=1S/C34H6F4N8/c1-44-19-7-18(8-20(9-19)45-2)22(13-42)25-28-29(34(46-3)33(25)38)32(37)27-24(30(35)23(14-43)26(27)31(28)36)21(12-41)17-5-15(10-39)4-16(6-17)11-40/h4-9H/b24-21-,25-22-. The van der Waals surface area contributed by atoms with Gasteiger partial charge < -0.3 is 0 Å². The fraction of sp³-hybridized carbons (Fsp3) is 0. The number of allylic oxidation sites excluding steroid dienone is 7. The van der Waals surface area contributed by atoms with Gasteiger partial charge in [-0.2, -0.15) is 26.3 Å². The molecule has 5 rings (SSSR count). The third kappa shape index (κ3) is 4.15. The van der Waals surface area contributed by atoms with E-state index in [1.54, 1.807) is 24.3 Å². The molecule has 0 amide bonds. The molecule has 0 saturated heterocycles. The van der Waals surface area contributed by atoms with E-state index in [4.69, 9.17) is 19.7 Å². The smallest absolute Gasteiger partial charge is 0.233 e. The Hall–Kier alpha value is -7.74. The summed E-state index contributed by atoms with van der Waals surface area (Å²) < 4.78 is 65.3. The van der Waals surface area contributed by atoms with Gasteiger partial charge in [-0.1, -0.05) is 18.2 Å². The van der Waals surface area contributed by atoms with Crippen molar-refractivity contribution in [1.82, 2.24) is 0 Å². The molecule has 12 heteroatoms. The number of nitriles is 5. The first-order valence-corrected chi connectivity index (χ1v) is 12.4. The summed E-state index contributed by atoms with van der Waals surface area (Å²) in [7, 11) is 0. The van der Waals surface area contributed by atoms with Gasteiger partial charge in [-0.3, -0.25) is 0 Å². The van der Waals surface area contributed by atoms with E-state index < -0.39 is 79.1 Å². The van der Waals surface area contributed by atoms with Crippen molar-refractivity contribution in [3.63, 3.8) is 0 Å². The second-order valence-electron chi connectivity index (χ2n) is 9.41. The van der Waals surface area contributed by atoms with Crippen LogP contribution in [0.4, 0.5) is 28.9 Å². The van der Waals surface area contributed by atoms with E-state index in [2.05, 4.69) is 14.5 Å². The summed E-state index contributed by atoms with van der Waals surface area (Å²) in [6.07, 6.45) is 0. The van der Waals surface area contributed by atoms with Crippen molar-refractivity contribution < 1.29 is 17.6 Å². The highest BCUT2D eigenvalue weighted by Crippen LogP contribution is 2.55. The number of hydrogen-bond acceptors (Lipinski definition) is 5. The molecular weight excluding hydrogens is 596 g/mol. The molecule has 0 saturated carbocycles. The second-order valence-corrected chi connectivity index (χ2v) is 9.41. The Labute approximate surface area is 257 Å². The average Bonchev–Trinajstić information content (AvgIpc) is 3.54. The minimum atomic E-state index is -1.59. The molecule has 0 aromatic heterocycles. The number of rotatable bonds is 2. The van der Waals surface area contributed by atoms with Crippen LogP contribution < -0.4 is 0 Å². The van der Waals surface area contributed by atoms with Crippen LogP contribution in [0.1, 0.15) is 44.5 Å². The van der Waals surface area contributed by atoms with Gasteiger partial charge in [-0.15, -0.1) is 0 Å². The average molecular weight is 602 g/mol. The molecule has 46 heavy (non-hydrogen) atoms. The molecule has 2 aliphatic carbocycles. The van der Waals surface area contributed by atoms with Crippen LogP contribution in [0, 0.1) is 88.0 Å². The van der Waals surface area contributed by atoms with Crippen molar-refractivity contribution >= 4 is 44.9 Å². The van der Waals surface area contributed by atoms with Crippen LogP contribution in [0.25, 0.3) is 48.1 Å². The van der Waals surface area contributed by atoms with Crippen molar-refractivity contribution in [3.8, 4) is 30.3 Å². The zero-order valence-corrected chi connectivity index (χ0v) is 22.6. The highest BCUT2D eigenvalue weighted by atomic mass is 19.1. The van der Waals surface area contributed by atoms with E-state index in [0.29, 0.717) is 0 Å². The zero-order valence-electron chi connectivity index (χ0n) is 22.6. The number of fused-ring (bicyclic) bond motifs is 2. The van der Waals surface area contributed by atoms with Crippen LogP contribution in [0.5, 0.6) is 0 Å². The van der Waals surface area contributed by atoms with Crippen LogP contribution >= 0.6 is 0 Å². The van der Waals surface area contributed by atoms with Crippen LogP contribution in [0.15, 0.2) is 48.1 Å². The number of halogens is 4. The predicted molar refractivity (Wildman–Crippen MR) is 154 cm³/mol. The van der Waals surface area contributed by atoms with Gasteiger partial charge in [0.05, 0.1) is 59.7 Å². The zero-order chi connectivity index (χ0) is 33.4. The quantitative estimate of drug-likeness (QED) is 0.165. The lowest BCUT2D eigenvalue weighted by Gasteiger charge is -2.15. The normalized spacial score (nSPS) is 14.7. The Balaban J connectivity index is 1.97. The highest BCUT2D eigenvalue weighted by Gasteiger charge is 2.44. The van der Waals surface area contributed by atoms with Crippen molar-refractivity contribution in [2.45, 2.75) is 0 Å². The molecule has 0 aliphatic heterocycles. The van der Waals surface area contributed by atoms with Gasteiger partial charge in [0.15, 0.2) is 17.2 Å². The molecule has 0 radical (unpaired) electrons. The lowest BCUT2D eigenvalue weighted by atomic mass is 9.88. The van der Waals surface area contributed by atoms with E-state index >= 15 is 17.6 Å². The minimum absolute atomic E-state index is 0.131. The van der Waals surface area contributed by atoms with E-state index in [-0.39, 0.29) is 33.6 Å². The monoisotopic (exact) mass is 602 g/mol. The third-order valence-electron chi connectivity index (χ3n) is 7.11. The predicted octanol–water partition coefficient (Wildman–Crippen LogP) is 8.47. The molecule has 3 aromatic rings. The fourth-order valence-electron chi connectivity index (χ4n) is 5.28. The van der Waals surface area contributed by atoms with E-state index in [1.165, 1.54) is 12.1 Å². The van der Waals surface area contributed by atoms with Gasteiger partial charge >= 0.3 is 0 Å². The van der Waals surface area contributed by atoms with Crippen molar-refractivity contribution in [3.05, 3.63) is 138 Å². The highest BCUT2D eigenvalue weighted by molar-refractivity contribution is 6.18. The first-order chi connectivity index (χ1) is 22.1. The lowest BCUT2D eigenvalue weighted by Crippen LogP contribution is -2.05. The summed E-state index contributed by atoms with van der Waals surface area (Å²) in [6, 6.07) is 15.0. The maximum absolute atomic E-state index is 16.6. The molecular formula is C34H6F4N8. The first kappa shape index (κ1) is 29.7. The van der Waals surface area contributed by atoms with E-state index in [1.807, 2.05) is 0 Å². The molecule has 3 aromatic carbocycles. The van der Waals surface area contributed by atoms with E-state index in [9.17, 15) is 26.3 Å². The largest absolute Gasteiger partial charge is 0.239 e. The molecule has 0 N–H and O–H groups in total. The molecule has 0 fully saturated rings. The molecule has 0 bridgehead atoms. The van der Waals surface area contributed by atoms with Crippen molar-refractivity contribution in [1.29, 1.82) is 26.3 Å². The van der Waals surface area contributed by atoms with Gasteiger partial charge in [0.2, 0.25) is 5.70 Å². The summed E-state index contributed by atoms with van der Waals surface area (Å²) in [4.78, 5) is 9.40. The van der Waals surface area contributed by atoms with E-state index in [0.717, 1.165) is 30.3 Å². The SMILES string of the molecule is [C-]#[N+]C1=C(F)/C(=C(/C#N)c2cc([N+]#[C-])cc([N+]#[C-])c2)c2c(F)c3c(c(F)c21)/C(=C(\C#N)c1cc(C#N)cc(C#N)c1)C(F)=C3C#N. The molecule has 0 unspecified atom stereocenters. The van der Waals surface area contributed by atoms with Crippen LogP contribution in [0.3, 0.4) is 0 Å². The Kier molecular flexibility index (Phi) is 7.21. The van der Waals surface area contributed by atoms with Gasteiger partial charge in [-0.05, 0) is 29.3 Å². The molecule has 2 aliphatic rings. The maximum Gasteiger partial charge on any atom is 0.233 e. The minimum Gasteiger partial charge on any atom is -0.239 e. The van der Waals surface area contributed by atoms with Crippen molar-refractivity contribution in [2.24, 2.45) is 0 Å². The van der Waals surface area contributed by atoms with Crippen molar-refractivity contribution in [2.75, 3.05) is 0 Å². The summed E-state index contributed by atoms with van der Waals surface area (Å²) in [6.45, 7) is 22.1. The van der Waals surface area contributed by atoms with Crippen LogP contribution in [0.2, 0.25) is 0 Å². The summed E-state index contributed by atoms with van der Waals surface area (Å²) in [5.41, 5.74) is -10.4. The molecule has 210 valence electrons. The Morgan fingerprint density at radius 3 is 1.48 bits per heavy atom. The van der Waals surface area contributed by atoms with Gasteiger partial charge in [0, 0.05) is 33.4 Å². The Bertz CT molecular complexity index is 2250. The number of hydrogen-bond donors (Lipinski definition) is 0. The fourth-order valence-corrected chi connectivity index (χ4v) is 5.28. The van der Waals surface area contributed by atoms with Gasteiger partial charge in [0.25, 0.3) is 0 Å². The van der Waals surface area contributed by atoms with Gasteiger partial charge in [-0.25, -0.2) is 32.1 Å².